The molecule has 0 unspecified atom stereocenters. The Morgan fingerprint density at radius 2 is 2.07 bits per heavy atom. The summed E-state index contributed by atoms with van der Waals surface area (Å²) >= 11 is 0. The summed E-state index contributed by atoms with van der Waals surface area (Å²) in [5.74, 6) is 0.232. The number of hydrogen-bond donors (Lipinski definition) is 2. The molecular formula is C21H24FN3O3. The van der Waals surface area contributed by atoms with E-state index in [1.807, 2.05) is 19.1 Å². The van der Waals surface area contributed by atoms with Crippen LogP contribution in [0, 0.1) is 5.82 Å². The van der Waals surface area contributed by atoms with E-state index in [-0.39, 0.29) is 30.4 Å². The first kappa shape index (κ1) is 19.7. The van der Waals surface area contributed by atoms with Gasteiger partial charge in [-0.1, -0.05) is 18.2 Å². The van der Waals surface area contributed by atoms with Crippen molar-refractivity contribution < 1.29 is 18.7 Å². The maximum atomic E-state index is 13.2. The number of urea groups is 1. The van der Waals surface area contributed by atoms with Crippen molar-refractivity contribution in [2.75, 3.05) is 18.4 Å². The van der Waals surface area contributed by atoms with Crippen molar-refractivity contribution >= 4 is 17.6 Å². The molecule has 7 heteroatoms. The van der Waals surface area contributed by atoms with Gasteiger partial charge in [0.15, 0.2) is 0 Å². The molecule has 0 aliphatic carbocycles. The van der Waals surface area contributed by atoms with Gasteiger partial charge in [-0.15, -0.1) is 0 Å². The van der Waals surface area contributed by atoms with E-state index >= 15 is 0 Å². The standard InChI is InChI=1S/C21H24FN3O3/c1-15(13-25-10-4-9-20(25)26)23-21(27)24-18-7-2-5-16(11-18)14-28-19-8-3-6-17(22)12-19/h2-3,5-8,11-12,15H,4,9-10,13-14H2,1H3,(H2,23,24,27)/t15-/m1/s1. The molecule has 6 nitrogen and oxygen atoms in total. The predicted molar refractivity (Wildman–Crippen MR) is 105 cm³/mol. The third kappa shape index (κ3) is 5.70. The Morgan fingerprint density at radius 3 is 2.82 bits per heavy atom. The van der Waals surface area contributed by atoms with E-state index in [1.165, 1.54) is 12.1 Å². The molecule has 1 aliphatic rings. The van der Waals surface area contributed by atoms with Crippen LogP contribution >= 0.6 is 0 Å². The highest BCUT2D eigenvalue weighted by atomic mass is 19.1. The lowest BCUT2D eigenvalue weighted by atomic mass is 10.2. The van der Waals surface area contributed by atoms with Crippen LogP contribution in [-0.2, 0) is 11.4 Å². The summed E-state index contributed by atoms with van der Waals surface area (Å²) in [6.45, 7) is 3.39. The van der Waals surface area contributed by atoms with Gasteiger partial charge in [-0.3, -0.25) is 4.79 Å². The third-order valence-electron chi connectivity index (χ3n) is 4.43. The summed E-state index contributed by atoms with van der Waals surface area (Å²) in [6, 6.07) is 12.7. The fraction of sp³-hybridized carbons (Fsp3) is 0.333. The first-order chi connectivity index (χ1) is 13.5. The number of nitrogens with zero attached hydrogens (tertiary/aromatic N) is 1. The Morgan fingerprint density at radius 1 is 1.25 bits per heavy atom. The maximum Gasteiger partial charge on any atom is 0.319 e. The lowest BCUT2D eigenvalue weighted by Crippen LogP contribution is -2.44. The van der Waals surface area contributed by atoms with Crippen LogP contribution in [0.25, 0.3) is 0 Å². The SMILES string of the molecule is C[C@H](CN1CCCC1=O)NC(=O)Nc1cccc(COc2cccc(F)c2)c1. The van der Waals surface area contributed by atoms with E-state index in [4.69, 9.17) is 4.74 Å². The Balaban J connectivity index is 1.49. The minimum atomic E-state index is -0.352. The van der Waals surface area contributed by atoms with Crippen molar-refractivity contribution in [2.45, 2.75) is 32.4 Å². The zero-order valence-corrected chi connectivity index (χ0v) is 15.8. The van der Waals surface area contributed by atoms with Gasteiger partial charge in [0, 0.05) is 37.3 Å². The lowest BCUT2D eigenvalue weighted by molar-refractivity contribution is -0.127. The van der Waals surface area contributed by atoms with Crippen LogP contribution in [0.3, 0.4) is 0 Å². The highest BCUT2D eigenvalue weighted by Crippen LogP contribution is 2.16. The van der Waals surface area contributed by atoms with E-state index in [0.29, 0.717) is 24.4 Å². The van der Waals surface area contributed by atoms with Crippen LogP contribution in [0.4, 0.5) is 14.9 Å². The Hall–Kier alpha value is -3.09. The fourth-order valence-electron chi connectivity index (χ4n) is 3.13. The molecule has 1 heterocycles. The number of anilines is 1. The largest absolute Gasteiger partial charge is 0.489 e. The van der Waals surface area contributed by atoms with Crippen LogP contribution in [0.2, 0.25) is 0 Å². The van der Waals surface area contributed by atoms with Crippen LogP contribution in [0.5, 0.6) is 5.75 Å². The van der Waals surface area contributed by atoms with Crippen molar-refractivity contribution in [3.8, 4) is 5.75 Å². The minimum absolute atomic E-state index is 0.139. The molecule has 0 saturated carbocycles. The zero-order valence-electron chi connectivity index (χ0n) is 15.8. The first-order valence-corrected chi connectivity index (χ1v) is 9.32. The molecule has 0 spiro atoms. The van der Waals surface area contributed by atoms with Crippen molar-refractivity contribution in [3.63, 3.8) is 0 Å². The van der Waals surface area contributed by atoms with Crippen LogP contribution < -0.4 is 15.4 Å². The molecule has 2 aromatic rings. The second-order valence-electron chi connectivity index (χ2n) is 6.89. The fourth-order valence-corrected chi connectivity index (χ4v) is 3.13. The van der Waals surface area contributed by atoms with E-state index in [0.717, 1.165) is 18.5 Å². The Kier molecular flexibility index (Phi) is 6.47. The number of rotatable bonds is 7. The van der Waals surface area contributed by atoms with E-state index in [2.05, 4.69) is 10.6 Å². The van der Waals surface area contributed by atoms with Gasteiger partial charge in [-0.25, -0.2) is 9.18 Å². The molecule has 1 atom stereocenters. The van der Waals surface area contributed by atoms with Crippen LogP contribution in [-0.4, -0.2) is 36.0 Å². The lowest BCUT2D eigenvalue weighted by Gasteiger charge is -2.21. The van der Waals surface area contributed by atoms with Gasteiger partial charge < -0.3 is 20.3 Å². The van der Waals surface area contributed by atoms with Crippen molar-refractivity contribution in [1.82, 2.24) is 10.2 Å². The number of amides is 3. The molecule has 148 valence electrons. The first-order valence-electron chi connectivity index (χ1n) is 9.32. The van der Waals surface area contributed by atoms with Gasteiger partial charge in [0.1, 0.15) is 18.2 Å². The third-order valence-corrected chi connectivity index (χ3v) is 4.43. The van der Waals surface area contributed by atoms with Gasteiger partial charge >= 0.3 is 6.03 Å². The average Bonchev–Trinajstić information content (AvgIpc) is 3.05. The molecule has 3 rings (SSSR count). The maximum absolute atomic E-state index is 13.2. The number of nitrogens with one attached hydrogen (secondary N) is 2. The number of hydrogen-bond acceptors (Lipinski definition) is 3. The molecule has 1 fully saturated rings. The highest BCUT2D eigenvalue weighted by Gasteiger charge is 2.22. The van der Waals surface area contributed by atoms with Crippen LogP contribution in [0.1, 0.15) is 25.3 Å². The molecule has 2 aromatic carbocycles. The smallest absolute Gasteiger partial charge is 0.319 e. The molecule has 2 N–H and O–H groups in total. The van der Waals surface area contributed by atoms with Gasteiger partial charge in [-0.2, -0.15) is 0 Å². The number of benzene rings is 2. The zero-order chi connectivity index (χ0) is 19.9. The summed E-state index contributed by atoms with van der Waals surface area (Å²) in [5, 5.41) is 5.63. The molecule has 28 heavy (non-hydrogen) atoms. The van der Waals surface area contributed by atoms with Gasteiger partial charge in [0.25, 0.3) is 0 Å². The number of ether oxygens (including phenoxy) is 1. The number of halogens is 1. The Bertz CT molecular complexity index is 843. The quantitative estimate of drug-likeness (QED) is 0.766. The highest BCUT2D eigenvalue weighted by molar-refractivity contribution is 5.89. The molecule has 3 amide bonds. The molecular weight excluding hydrogens is 361 g/mol. The van der Waals surface area contributed by atoms with Crippen molar-refractivity contribution in [3.05, 3.63) is 59.9 Å². The van der Waals surface area contributed by atoms with Crippen molar-refractivity contribution in [2.24, 2.45) is 0 Å². The molecule has 0 bridgehead atoms. The van der Waals surface area contributed by atoms with Gasteiger partial charge in [0.05, 0.1) is 0 Å². The number of carbonyl (C=O) groups is 2. The summed E-state index contributed by atoms with van der Waals surface area (Å²) in [5.41, 5.74) is 1.47. The summed E-state index contributed by atoms with van der Waals surface area (Å²) in [7, 11) is 0. The predicted octanol–water partition coefficient (Wildman–Crippen LogP) is 3.54. The second kappa shape index (κ2) is 9.21. The van der Waals surface area contributed by atoms with Crippen LogP contribution in [0.15, 0.2) is 48.5 Å². The molecule has 0 aromatic heterocycles. The monoisotopic (exact) mass is 385 g/mol. The van der Waals surface area contributed by atoms with E-state index in [9.17, 15) is 14.0 Å². The van der Waals surface area contributed by atoms with Gasteiger partial charge in [0.2, 0.25) is 5.91 Å². The molecule has 0 radical (unpaired) electrons. The Labute approximate surface area is 163 Å². The second-order valence-corrected chi connectivity index (χ2v) is 6.89. The summed E-state index contributed by atoms with van der Waals surface area (Å²) < 4.78 is 18.8. The normalized spacial score (nSPS) is 14.6. The summed E-state index contributed by atoms with van der Waals surface area (Å²) in [4.78, 5) is 25.7. The number of likely N-dealkylation sites (tertiary alicyclic amines) is 1. The van der Waals surface area contributed by atoms with Gasteiger partial charge in [-0.05, 0) is 43.2 Å². The summed E-state index contributed by atoms with van der Waals surface area (Å²) in [6.07, 6.45) is 1.46. The number of carbonyl (C=O) groups excluding carboxylic acids is 2. The topological polar surface area (TPSA) is 70.7 Å². The molecule has 1 saturated heterocycles. The van der Waals surface area contributed by atoms with E-state index < -0.39 is 0 Å². The van der Waals surface area contributed by atoms with Crippen molar-refractivity contribution in [1.29, 1.82) is 0 Å². The van der Waals surface area contributed by atoms with E-state index in [1.54, 1.807) is 29.2 Å². The molecule has 1 aliphatic heterocycles. The minimum Gasteiger partial charge on any atom is -0.489 e. The average molecular weight is 385 g/mol.